The van der Waals surface area contributed by atoms with Gasteiger partial charge in [-0.05, 0) is 89.5 Å². The number of alkyl carbamates (subject to hydrolysis) is 1. The molecule has 6 atom stereocenters. The molecule has 0 spiro atoms. The number of nitrogens with one attached hydrogen (secondary N) is 3. The van der Waals surface area contributed by atoms with E-state index in [1.165, 1.54) is 7.11 Å². The molecular weight excluding hydrogens is 476 g/mol. The summed E-state index contributed by atoms with van der Waals surface area (Å²) in [4.78, 5) is 36.7. The van der Waals surface area contributed by atoms with Gasteiger partial charge in [0.05, 0.1) is 18.8 Å². The summed E-state index contributed by atoms with van der Waals surface area (Å²) in [5.74, 6) is 2.10. The number of nitrogens with two attached hydrogens (primary N) is 1. The van der Waals surface area contributed by atoms with Crippen LogP contribution in [0.25, 0.3) is 6.20 Å². The second-order valence-corrected chi connectivity index (χ2v) is 11.6. The minimum Gasteiger partial charge on any atom is -0.453 e. The van der Waals surface area contributed by atoms with Crippen molar-refractivity contribution >= 4 is 30.1 Å². The lowest BCUT2D eigenvalue weighted by molar-refractivity contribution is 0.0638. The van der Waals surface area contributed by atoms with E-state index in [4.69, 9.17) is 15.2 Å². The van der Waals surface area contributed by atoms with Crippen LogP contribution in [0.5, 0.6) is 0 Å². The summed E-state index contributed by atoms with van der Waals surface area (Å²) in [6.07, 6.45) is 8.43. The Morgan fingerprint density at radius 2 is 1.89 bits per heavy atom. The van der Waals surface area contributed by atoms with E-state index in [0.29, 0.717) is 29.1 Å². The number of nitrogens with zero attached hydrogens (tertiary/aromatic N) is 2. The zero-order valence-electron chi connectivity index (χ0n) is 22.3. The summed E-state index contributed by atoms with van der Waals surface area (Å²) in [6.45, 7) is 7.65. The highest BCUT2D eigenvalue weighted by molar-refractivity contribution is 5.99. The highest BCUT2D eigenvalue weighted by Crippen LogP contribution is 2.54. The third-order valence-corrected chi connectivity index (χ3v) is 7.87. The molecule has 3 aliphatic rings. The summed E-state index contributed by atoms with van der Waals surface area (Å²) in [5.41, 5.74) is 5.08. The fourth-order valence-corrected chi connectivity index (χ4v) is 6.51. The number of rotatable bonds is 8. The molecule has 1 aromatic rings. The molecule has 4 rings (SSSR count). The maximum absolute atomic E-state index is 13.6. The van der Waals surface area contributed by atoms with Crippen LogP contribution >= 0.6 is 0 Å². The Morgan fingerprint density at radius 3 is 2.57 bits per heavy atom. The Kier molecular flexibility index (Phi) is 7.70. The number of amides is 3. The van der Waals surface area contributed by atoms with E-state index in [2.05, 4.69) is 21.0 Å². The number of hydrogen-bond donors (Lipinski definition) is 4. The molecule has 3 aliphatic carbocycles. The van der Waals surface area contributed by atoms with Gasteiger partial charge in [0.25, 0.3) is 5.91 Å². The normalized spacial score (nSPS) is 28.7. The predicted molar refractivity (Wildman–Crippen MR) is 139 cm³/mol. The molecule has 3 amide bonds. The van der Waals surface area contributed by atoms with Crippen molar-refractivity contribution in [1.29, 1.82) is 0 Å². The molecule has 1 heterocycles. The lowest BCUT2D eigenvalue weighted by atomic mass is 9.79. The molecule has 0 aliphatic heterocycles. The highest BCUT2D eigenvalue weighted by atomic mass is 16.6. The van der Waals surface area contributed by atoms with Crippen molar-refractivity contribution < 1.29 is 23.9 Å². The SMILES string of the molecule is COC(=O)NC(C)(C)/C=C/n1ncc(C(=O)N[C@@H]2C3CC4CC(OC(N)=O)CC2C(C4)C3)c1NC(C)C. The van der Waals surface area contributed by atoms with E-state index in [9.17, 15) is 14.4 Å². The number of carbonyl (C=O) groups excluding carboxylic acids is 3. The third-order valence-electron chi connectivity index (χ3n) is 7.87. The zero-order valence-corrected chi connectivity index (χ0v) is 22.3. The lowest BCUT2D eigenvalue weighted by Gasteiger charge is -2.32. The second-order valence-electron chi connectivity index (χ2n) is 11.6. The minimum absolute atomic E-state index is 0.0239. The van der Waals surface area contributed by atoms with Gasteiger partial charge in [0.2, 0.25) is 0 Å². The van der Waals surface area contributed by atoms with Gasteiger partial charge >= 0.3 is 12.2 Å². The van der Waals surface area contributed by atoms with Crippen molar-refractivity contribution in [3.63, 3.8) is 0 Å². The van der Waals surface area contributed by atoms with Crippen LogP contribution in [0.2, 0.25) is 0 Å². The van der Waals surface area contributed by atoms with E-state index < -0.39 is 17.7 Å². The maximum Gasteiger partial charge on any atom is 0.407 e. The Balaban J connectivity index is 1.53. The summed E-state index contributed by atoms with van der Waals surface area (Å²) in [5, 5.41) is 13.8. The van der Waals surface area contributed by atoms with Crippen molar-refractivity contribution in [3.05, 3.63) is 17.8 Å². The van der Waals surface area contributed by atoms with Gasteiger partial charge in [0.15, 0.2) is 0 Å². The second kappa shape index (κ2) is 10.6. The van der Waals surface area contributed by atoms with Gasteiger partial charge in [-0.25, -0.2) is 14.3 Å². The molecule has 11 heteroatoms. The van der Waals surface area contributed by atoms with Crippen LogP contribution < -0.4 is 21.7 Å². The Morgan fingerprint density at radius 1 is 1.16 bits per heavy atom. The standard InChI is InChI=1S/C26H40N6O5/c1-14(2)29-22-20(13-28-32(22)7-6-26(3,4)31-25(35)36-5)23(33)30-21-17-9-15-8-16(11-17)19(21)12-18(10-15)37-24(27)34/h6-7,13-19,21,29H,8-12H2,1-5H3,(H2,27,34)(H,30,33)(H,31,35)/b7-6+/t15?,16?,17?,18?,19?,21-/m1/s1. The summed E-state index contributed by atoms with van der Waals surface area (Å²) >= 11 is 0. The van der Waals surface area contributed by atoms with Crippen LogP contribution in [-0.4, -0.2) is 58.7 Å². The van der Waals surface area contributed by atoms with Crippen molar-refractivity contribution in [2.75, 3.05) is 12.4 Å². The van der Waals surface area contributed by atoms with Crippen LogP contribution in [0.1, 0.15) is 70.2 Å². The number of aromatic nitrogens is 2. The number of primary amides is 1. The van der Waals surface area contributed by atoms with Crippen molar-refractivity contribution in [2.45, 2.75) is 83.5 Å². The van der Waals surface area contributed by atoms with E-state index in [0.717, 1.165) is 32.1 Å². The number of hydrogen-bond acceptors (Lipinski definition) is 7. The summed E-state index contributed by atoms with van der Waals surface area (Å²) in [6, 6.07) is 0.0869. The van der Waals surface area contributed by atoms with Gasteiger partial charge in [-0.2, -0.15) is 5.10 Å². The molecular formula is C26H40N6O5. The fraction of sp³-hybridized carbons (Fsp3) is 0.692. The topological polar surface area (TPSA) is 150 Å². The quantitative estimate of drug-likeness (QED) is 0.414. The van der Waals surface area contributed by atoms with Gasteiger partial charge in [-0.15, -0.1) is 0 Å². The van der Waals surface area contributed by atoms with Gasteiger partial charge < -0.3 is 31.2 Å². The first-order valence-electron chi connectivity index (χ1n) is 13.1. The molecule has 0 radical (unpaired) electrons. The van der Waals surface area contributed by atoms with Crippen molar-refractivity contribution in [1.82, 2.24) is 20.4 Å². The lowest BCUT2D eigenvalue weighted by Crippen LogP contribution is -2.44. The average Bonchev–Trinajstić information content (AvgIpc) is 3.25. The predicted octanol–water partition coefficient (Wildman–Crippen LogP) is 3.33. The van der Waals surface area contributed by atoms with E-state index in [1.54, 1.807) is 23.2 Å². The zero-order chi connectivity index (χ0) is 26.9. The molecule has 0 saturated heterocycles. The van der Waals surface area contributed by atoms with E-state index >= 15 is 0 Å². The van der Waals surface area contributed by atoms with Crippen LogP contribution in [0.4, 0.5) is 15.4 Å². The van der Waals surface area contributed by atoms with Gasteiger partial charge in [-0.3, -0.25) is 4.79 Å². The third kappa shape index (κ3) is 6.19. The first kappa shape index (κ1) is 26.8. The summed E-state index contributed by atoms with van der Waals surface area (Å²) in [7, 11) is 1.31. The largest absolute Gasteiger partial charge is 0.453 e. The molecule has 37 heavy (non-hydrogen) atoms. The van der Waals surface area contributed by atoms with Gasteiger partial charge in [-0.1, -0.05) is 0 Å². The number of methoxy groups -OCH3 is 1. The highest BCUT2D eigenvalue weighted by Gasteiger charge is 2.52. The molecule has 1 aromatic heterocycles. The van der Waals surface area contributed by atoms with Crippen LogP contribution in [0.3, 0.4) is 0 Å². The van der Waals surface area contributed by atoms with E-state index in [-0.39, 0.29) is 30.0 Å². The Bertz CT molecular complexity index is 1050. The average molecular weight is 517 g/mol. The number of fused-ring (bicyclic) bond motifs is 2. The molecule has 3 saturated carbocycles. The van der Waals surface area contributed by atoms with Gasteiger partial charge in [0, 0.05) is 18.3 Å². The molecule has 3 bridgehead atoms. The Hall–Kier alpha value is -3.24. The first-order valence-corrected chi connectivity index (χ1v) is 13.1. The molecule has 5 N–H and O–H groups in total. The Labute approximate surface area is 217 Å². The fourth-order valence-electron chi connectivity index (χ4n) is 6.51. The van der Waals surface area contributed by atoms with Crippen LogP contribution in [0.15, 0.2) is 12.3 Å². The first-order chi connectivity index (χ1) is 17.5. The number of ether oxygens (including phenoxy) is 2. The van der Waals surface area contributed by atoms with Crippen LogP contribution in [-0.2, 0) is 9.47 Å². The van der Waals surface area contributed by atoms with Gasteiger partial charge in [0.1, 0.15) is 17.5 Å². The van der Waals surface area contributed by atoms with Crippen LogP contribution in [0, 0.1) is 23.7 Å². The number of carbonyl (C=O) groups is 3. The summed E-state index contributed by atoms with van der Waals surface area (Å²) < 4.78 is 11.7. The maximum atomic E-state index is 13.6. The molecule has 5 unspecified atom stereocenters. The number of anilines is 1. The monoisotopic (exact) mass is 516 g/mol. The van der Waals surface area contributed by atoms with E-state index in [1.807, 2.05) is 27.7 Å². The molecule has 0 aromatic carbocycles. The van der Waals surface area contributed by atoms with Crippen molar-refractivity contribution in [3.8, 4) is 0 Å². The molecule has 11 nitrogen and oxygen atoms in total. The molecule has 3 fully saturated rings. The molecule has 204 valence electrons. The van der Waals surface area contributed by atoms with Crippen molar-refractivity contribution in [2.24, 2.45) is 29.4 Å². The smallest absolute Gasteiger partial charge is 0.407 e. The minimum atomic E-state index is -0.729.